The molecule has 0 aromatic heterocycles. The van der Waals surface area contributed by atoms with Crippen molar-refractivity contribution in [3.8, 4) is 11.5 Å². The van der Waals surface area contributed by atoms with Crippen molar-refractivity contribution in [2.45, 2.75) is 46.0 Å². The van der Waals surface area contributed by atoms with E-state index in [1.165, 1.54) is 12.1 Å². The normalized spacial score (nSPS) is 12.2. The van der Waals surface area contributed by atoms with E-state index in [1.54, 1.807) is 12.1 Å². The van der Waals surface area contributed by atoms with Gasteiger partial charge in [-0.25, -0.2) is 4.21 Å². The minimum atomic E-state index is -2.70. The third kappa shape index (κ3) is 7.82. The van der Waals surface area contributed by atoms with Crippen molar-refractivity contribution in [3.63, 3.8) is 0 Å². The Morgan fingerprint density at radius 3 is 2.48 bits per heavy atom. The molecule has 1 rings (SSSR count). The zero-order valence-electron chi connectivity index (χ0n) is 12.4. The van der Waals surface area contributed by atoms with Crippen molar-refractivity contribution in [1.82, 2.24) is 0 Å². The molecule has 0 saturated carbocycles. The summed E-state index contributed by atoms with van der Waals surface area (Å²) in [6.07, 6.45) is 4.31. The minimum Gasteiger partial charge on any atom is -0.740 e. The number of carbonyl (C=O) groups excluding carboxylic acids is 1. The lowest BCUT2D eigenvalue weighted by Crippen LogP contribution is -2.09. The average molecular weight is 313 g/mol. The number of rotatable bonds is 9. The van der Waals surface area contributed by atoms with Gasteiger partial charge in [0.25, 0.3) is 0 Å². The Hall–Kier alpha value is -1.40. The maximum absolute atomic E-state index is 11.7. The van der Waals surface area contributed by atoms with Gasteiger partial charge in [-0.1, -0.05) is 45.2 Å². The van der Waals surface area contributed by atoms with E-state index in [0.29, 0.717) is 12.3 Å². The molecule has 1 unspecified atom stereocenters. The minimum absolute atomic E-state index is 0.0130. The van der Waals surface area contributed by atoms with Crippen molar-refractivity contribution >= 4 is 17.3 Å². The number of hydrogen-bond acceptors (Lipinski definition) is 5. The number of ether oxygens (including phenoxy) is 1. The van der Waals surface area contributed by atoms with Gasteiger partial charge in [0.05, 0.1) is 0 Å². The number of hydrogen-bond donors (Lipinski definition) is 0. The summed E-state index contributed by atoms with van der Waals surface area (Å²) in [6, 6.07) is 6.18. The van der Waals surface area contributed by atoms with Crippen LogP contribution in [0.5, 0.6) is 11.5 Å². The van der Waals surface area contributed by atoms with Crippen LogP contribution < -0.4 is 8.92 Å². The Kier molecular flexibility index (Phi) is 8.00. The van der Waals surface area contributed by atoms with Crippen LogP contribution in [-0.4, -0.2) is 14.7 Å². The molecule has 0 amide bonds. The van der Waals surface area contributed by atoms with Gasteiger partial charge in [0, 0.05) is 6.42 Å². The van der Waals surface area contributed by atoms with Crippen LogP contribution in [0.2, 0.25) is 0 Å². The van der Waals surface area contributed by atoms with E-state index < -0.39 is 11.4 Å². The van der Waals surface area contributed by atoms with Crippen molar-refractivity contribution < 1.29 is 22.5 Å². The van der Waals surface area contributed by atoms with Crippen LogP contribution in [0.15, 0.2) is 24.3 Å². The van der Waals surface area contributed by atoms with Gasteiger partial charge in [0.1, 0.15) is 11.4 Å². The second-order valence-electron chi connectivity index (χ2n) is 5.20. The summed E-state index contributed by atoms with van der Waals surface area (Å²) in [5, 5.41) is 0. The van der Waals surface area contributed by atoms with Gasteiger partial charge in [0.15, 0.2) is 11.5 Å². The lowest BCUT2D eigenvalue weighted by atomic mass is 10.0. The fourth-order valence-electron chi connectivity index (χ4n) is 1.85. The van der Waals surface area contributed by atoms with Crippen LogP contribution in [0.3, 0.4) is 0 Å². The number of para-hydroxylation sites is 2. The Labute approximate surface area is 128 Å². The lowest BCUT2D eigenvalue weighted by Gasteiger charge is -2.11. The van der Waals surface area contributed by atoms with Crippen LogP contribution in [-0.2, 0) is 16.2 Å². The molecule has 118 valence electrons. The van der Waals surface area contributed by atoms with Crippen LogP contribution in [0.25, 0.3) is 0 Å². The van der Waals surface area contributed by atoms with Gasteiger partial charge in [-0.15, -0.1) is 0 Å². The number of unbranched alkanes of at least 4 members (excludes halogenated alkanes) is 2. The van der Waals surface area contributed by atoms with Crippen LogP contribution in [0, 0.1) is 5.92 Å². The monoisotopic (exact) mass is 313 g/mol. The fourth-order valence-corrected chi connectivity index (χ4v) is 2.13. The molecule has 6 heteroatoms. The van der Waals surface area contributed by atoms with E-state index in [-0.39, 0.29) is 17.5 Å². The van der Waals surface area contributed by atoms with E-state index in [1.807, 2.05) is 0 Å². The molecule has 5 nitrogen and oxygen atoms in total. The molecule has 0 bridgehead atoms. The first-order chi connectivity index (χ1) is 9.99. The molecule has 1 aromatic carbocycles. The lowest BCUT2D eigenvalue weighted by molar-refractivity contribution is -0.134. The Morgan fingerprint density at radius 1 is 1.19 bits per heavy atom. The fraction of sp³-hybridized carbons (Fsp3) is 0.533. The third-order valence-corrected chi connectivity index (χ3v) is 3.21. The van der Waals surface area contributed by atoms with Crippen molar-refractivity contribution in [3.05, 3.63) is 24.3 Å². The summed E-state index contributed by atoms with van der Waals surface area (Å²) in [5.41, 5.74) is 0. The zero-order valence-corrected chi connectivity index (χ0v) is 13.2. The Bertz CT molecular complexity index is 473. The molecule has 0 aliphatic carbocycles. The van der Waals surface area contributed by atoms with Gasteiger partial charge >= 0.3 is 5.97 Å². The molecule has 0 radical (unpaired) electrons. The van der Waals surface area contributed by atoms with Gasteiger partial charge in [-0.3, -0.25) is 4.79 Å². The third-order valence-electron chi connectivity index (χ3n) is 2.89. The molecule has 0 heterocycles. The van der Waals surface area contributed by atoms with Crippen LogP contribution in [0.1, 0.15) is 46.0 Å². The summed E-state index contributed by atoms with van der Waals surface area (Å²) in [6.45, 7) is 4.34. The Morgan fingerprint density at radius 2 is 1.86 bits per heavy atom. The molecule has 0 fully saturated rings. The molecular formula is C15H21O5S-. The van der Waals surface area contributed by atoms with E-state index >= 15 is 0 Å². The summed E-state index contributed by atoms with van der Waals surface area (Å²) in [5.74, 6) is 0.425. The second kappa shape index (κ2) is 9.52. The van der Waals surface area contributed by atoms with Gasteiger partial charge in [-0.05, 0) is 24.5 Å². The topological polar surface area (TPSA) is 75.7 Å². The highest BCUT2D eigenvalue weighted by molar-refractivity contribution is 7.74. The van der Waals surface area contributed by atoms with Crippen molar-refractivity contribution in [1.29, 1.82) is 0 Å². The molecule has 0 N–H and O–H groups in total. The van der Waals surface area contributed by atoms with Gasteiger partial charge < -0.3 is 13.5 Å². The molecule has 21 heavy (non-hydrogen) atoms. The molecule has 0 spiro atoms. The average Bonchev–Trinajstić information content (AvgIpc) is 2.39. The molecule has 0 saturated heterocycles. The number of esters is 1. The largest absolute Gasteiger partial charge is 0.740 e. The molecule has 1 aromatic rings. The summed E-state index contributed by atoms with van der Waals surface area (Å²) >= 11 is -2.70. The molecule has 1 atom stereocenters. The Balaban J connectivity index is 2.39. The first kappa shape index (κ1) is 17.7. The zero-order chi connectivity index (χ0) is 15.7. The first-order valence-corrected chi connectivity index (χ1v) is 8.06. The van der Waals surface area contributed by atoms with Crippen LogP contribution in [0.4, 0.5) is 0 Å². The van der Waals surface area contributed by atoms with Crippen LogP contribution >= 0.6 is 0 Å². The highest BCUT2D eigenvalue weighted by Crippen LogP contribution is 2.27. The summed E-state index contributed by atoms with van der Waals surface area (Å²) < 4.78 is 30.8. The van der Waals surface area contributed by atoms with E-state index in [2.05, 4.69) is 18.0 Å². The first-order valence-electron chi connectivity index (χ1n) is 7.06. The molecule has 0 aliphatic rings. The predicted octanol–water partition coefficient (Wildman–Crippen LogP) is 3.37. The predicted molar refractivity (Wildman–Crippen MR) is 79.5 cm³/mol. The van der Waals surface area contributed by atoms with E-state index in [9.17, 15) is 13.6 Å². The molecule has 0 aliphatic heterocycles. The van der Waals surface area contributed by atoms with E-state index in [4.69, 9.17) is 4.74 Å². The van der Waals surface area contributed by atoms with Crippen molar-refractivity contribution in [2.24, 2.45) is 5.92 Å². The second-order valence-corrected chi connectivity index (χ2v) is 5.78. The SMILES string of the molecule is CC(C)CCCCCC(=O)Oc1ccccc1OS(=O)[O-]. The van der Waals surface area contributed by atoms with E-state index in [0.717, 1.165) is 25.7 Å². The maximum Gasteiger partial charge on any atom is 0.311 e. The smallest absolute Gasteiger partial charge is 0.311 e. The number of benzene rings is 1. The quantitative estimate of drug-likeness (QED) is 0.302. The highest BCUT2D eigenvalue weighted by atomic mass is 32.2. The highest BCUT2D eigenvalue weighted by Gasteiger charge is 2.10. The maximum atomic E-state index is 11.7. The van der Waals surface area contributed by atoms with Crippen molar-refractivity contribution in [2.75, 3.05) is 0 Å². The van der Waals surface area contributed by atoms with Gasteiger partial charge in [-0.2, -0.15) is 0 Å². The van der Waals surface area contributed by atoms with Gasteiger partial charge in [0.2, 0.25) is 0 Å². The molecular weight excluding hydrogens is 292 g/mol. The summed E-state index contributed by atoms with van der Waals surface area (Å²) in [7, 11) is 0. The standard InChI is InChI=1S/C15H22O5S/c1-12(2)8-4-3-5-11-15(16)19-13-9-6-7-10-14(13)20-21(17)18/h6-7,9-10,12H,3-5,8,11H2,1-2H3,(H,17,18)/p-1. The number of carbonyl (C=O) groups is 1. The summed E-state index contributed by atoms with van der Waals surface area (Å²) in [4.78, 5) is 11.7.